The summed E-state index contributed by atoms with van der Waals surface area (Å²) in [5.74, 6) is -0.805. The second-order valence-corrected chi connectivity index (χ2v) is 5.57. The molecule has 0 N–H and O–H groups in total. The number of nitro groups is 1. The van der Waals surface area contributed by atoms with E-state index in [1.54, 1.807) is 6.92 Å². The van der Waals surface area contributed by atoms with Crippen LogP contribution in [0.1, 0.15) is 35.5 Å². The van der Waals surface area contributed by atoms with Gasteiger partial charge in [0.25, 0.3) is 5.69 Å². The lowest BCUT2D eigenvalue weighted by Gasteiger charge is -2.18. The van der Waals surface area contributed by atoms with E-state index < -0.39 is 28.8 Å². The van der Waals surface area contributed by atoms with Gasteiger partial charge in [0.2, 0.25) is 0 Å². The van der Waals surface area contributed by atoms with E-state index in [0.717, 1.165) is 10.7 Å². The van der Waals surface area contributed by atoms with Crippen molar-refractivity contribution in [2.24, 2.45) is 0 Å². The zero-order valence-electron chi connectivity index (χ0n) is 14.2. The topological polar surface area (TPSA) is 87.3 Å². The second kappa shape index (κ2) is 7.14. The summed E-state index contributed by atoms with van der Waals surface area (Å²) in [5.41, 5.74) is -0.687. The molecule has 1 heterocycles. The second-order valence-electron chi connectivity index (χ2n) is 5.57. The number of nitrogens with zero attached hydrogens (tertiary/aromatic N) is 3. The van der Waals surface area contributed by atoms with E-state index >= 15 is 0 Å². The Balaban J connectivity index is 2.59. The van der Waals surface area contributed by atoms with Gasteiger partial charge in [-0.2, -0.15) is 18.3 Å². The summed E-state index contributed by atoms with van der Waals surface area (Å²) in [6.07, 6.45) is -4.67. The predicted molar refractivity (Wildman–Crippen MR) is 84.6 cm³/mol. The number of aryl methyl sites for hydroxylation is 2. The fraction of sp³-hybridized carbons (Fsp3) is 0.375. The Bertz CT molecular complexity index is 846. The Kier molecular flexibility index (Phi) is 5.33. The molecule has 1 aromatic carbocycles. The number of aromatic nitrogens is 2. The third-order valence-electron chi connectivity index (χ3n) is 3.70. The van der Waals surface area contributed by atoms with Crippen molar-refractivity contribution in [2.45, 2.75) is 33.0 Å². The van der Waals surface area contributed by atoms with Crippen LogP contribution in [0.5, 0.6) is 0 Å². The highest BCUT2D eigenvalue weighted by atomic mass is 19.4. The molecule has 0 radical (unpaired) electrons. The van der Waals surface area contributed by atoms with Crippen LogP contribution in [0.3, 0.4) is 0 Å². The summed E-state index contributed by atoms with van der Waals surface area (Å²) >= 11 is 0. The number of benzene rings is 1. The van der Waals surface area contributed by atoms with E-state index in [9.17, 15) is 28.1 Å². The first kappa shape index (κ1) is 19.4. The van der Waals surface area contributed by atoms with Gasteiger partial charge in [-0.15, -0.1) is 0 Å². The molecule has 1 unspecified atom stereocenters. The van der Waals surface area contributed by atoms with Crippen LogP contribution in [0.2, 0.25) is 0 Å². The summed E-state index contributed by atoms with van der Waals surface area (Å²) < 4.78 is 44.7. The lowest BCUT2D eigenvalue weighted by molar-refractivity contribution is -0.385. The van der Waals surface area contributed by atoms with Gasteiger partial charge in [0.15, 0.2) is 11.7 Å². The maximum atomic E-state index is 12.9. The summed E-state index contributed by atoms with van der Waals surface area (Å²) in [6, 6.07) is 3.41. The average Bonchev–Trinajstić information content (AvgIpc) is 2.89. The molecule has 26 heavy (non-hydrogen) atoms. The van der Waals surface area contributed by atoms with E-state index in [4.69, 9.17) is 4.74 Å². The Hall–Kier alpha value is -2.91. The molecule has 10 heteroatoms. The van der Waals surface area contributed by atoms with Crippen molar-refractivity contribution in [2.75, 3.05) is 6.61 Å². The summed E-state index contributed by atoms with van der Waals surface area (Å²) in [6.45, 7) is 4.44. The Morgan fingerprint density at radius 2 is 2.00 bits per heavy atom. The maximum Gasteiger partial charge on any atom is 0.435 e. The van der Waals surface area contributed by atoms with Crippen LogP contribution in [0, 0.1) is 24.0 Å². The molecule has 0 saturated heterocycles. The van der Waals surface area contributed by atoms with Crippen LogP contribution in [-0.4, -0.2) is 27.3 Å². The summed E-state index contributed by atoms with van der Waals surface area (Å²) in [5, 5.41) is 14.5. The molecular formula is C16H16F3N3O4. The molecule has 0 bridgehead atoms. The van der Waals surface area contributed by atoms with Crippen LogP contribution in [0.15, 0.2) is 24.3 Å². The van der Waals surface area contributed by atoms with E-state index in [1.165, 1.54) is 32.0 Å². The monoisotopic (exact) mass is 371 g/mol. The molecule has 0 spiro atoms. The Labute approximate surface area is 146 Å². The molecule has 0 amide bonds. The van der Waals surface area contributed by atoms with Gasteiger partial charge in [-0.25, -0.2) is 4.79 Å². The zero-order valence-corrected chi connectivity index (χ0v) is 14.2. The molecule has 140 valence electrons. The third kappa shape index (κ3) is 3.84. The summed E-state index contributed by atoms with van der Waals surface area (Å²) in [7, 11) is 0. The zero-order chi connectivity index (χ0) is 19.6. The number of carbonyl (C=O) groups excluding carboxylic acids is 1. The van der Waals surface area contributed by atoms with Crippen LogP contribution in [-0.2, 0) is 15.7 Å². The van der Waals surface area contributed by atoms with Gasteiger partial charge in [-0.1, -0.05) is 0 Å². The molecule has 0 aliphatic rings. The van der Waals surface area contributed by atoms with Crippen molar-refractivity contribution in [1.29, 1.82) is 0 Å². The number of halogens is 3. The number of rotatable bonds is 5. The largest absolute Gasteiger partial charge is 0.464 e. The van der Waals surface area contributed by atoms with Gasteiger partial charge in [0.05, 0.1) is 11.5 Å². The predicted octanol–water partition coefficient (Wildman–Crippen LogP) is 3.58. The fourth-order valence-corrected chi connectivity index (χ4v) is 2.54. The SMILES string of the molecule is CCOC(=O)C(c1ccc([N+](=O)[O-])c(C)c1)n1nc(C(F)(F)F)cc1C. The van der Waals surface area contributed by atoms with E-state index in [0.29, 0.717) is 0 Å². The van der Waals surface area contributed by atoms with Crippen LogP contribution >= 0.6 is 0 Å². The van der Waals surface area contributed by atoms with Crippen molar-refractivity contribution in [1.82, 2.24) is 9.78 Å². The standard InChI is InChI=1S/C16H16F3N3O4/c1-4-26-15(23)14(11-5-6-12(22(24)25)9(2)7-11)21-10(3)8-13(20-21)16(17,18)19/h5-8,14H,4H2,1-3H3. The number of esters is 1. The van der Waals surface area contributed by atoms with Crippen molar-refractivity contribution < 1.29 is 27.6 Å². The van der Waals surface area contributed by atoms with Crippen molar-refractivity contribution >= 4 is 11.7 Å². The van der Waals surface area contributed by atoms with E-state index in [1.807, 2.05) is 0 Å². The molecule has 0 fully saturated rings. The molecule has 1 atom stereocenters. The first-order valence-electron chi connectivity index (χ1n) is 7.61. The van der Waals surface area contributed by atoms with Gasteiger partial charge in [-0.05, 0) is 44.5 Å². The highest BCUT2D eigenvalue weighted by Gasteiger charge is 2.37. The average molecular weight is 371 g/mol. The fourth-order valence-electron chi connectivity index (χ4n) is 2.54. The first-order valence-corrected chi connectivity index (χ1v) is 7.61. The number of nitro benzene ring substituents is 1. The maximum absolute atomic E-state index is 12.9. The highest BCUT2D eigenvalue weighted by molar-refractivity contribution is 5.78. The van der Waals surface area contributed by atoms with Crippen LogP contribution in [0.4, 0.5) is 18.9 Å². The first-order chi connectivity index (χ1) is 12.1. The molecule has 0 aliphatic carbocycles. The van der Waals surface area contributed by atoms with Gasteiger partial charge in [-0.3, -0.25) is 14.8 Å². The minimum absolute atomic E-state index is 0.0216. The molecule has 0 saturated carbocycles. The number of ether oxygens (including phenoxy) is 1. The minimum Gasteiger partial charge on any atom is -0.464 e. The van der Waals surface area contributed by atoms with Crippen LogP contribution < -0.4 is 0 Å². The molecule has 2 rings (SSSR count). The number of hydrogen-bond acceptors (Lipinski definition) is 5. The quantitative estimate of drug-likeness (QED) is 0.455. The normalized spacial score (nSPS) is 12.7. The smallest absolute Gasteiger partial charge is 0.435 e. The number of hydrogen-bond donors (Lipinski definition) is 0. The van der Waals surface area contributed by atoms with Gasteiger partial charge >= 0.3 is 12.1 Å². The molecular weight excluding hydrogens is 355 g/mol. The molecule has 2 aromatic rings. The van der Waals surface area contributed by atoms with E-state index in [2.05, 4.69) is 5.10 Å². The third-order valence-corrected chi connectivity index (χ3v) is 3.70. The van der Waals surface area contributed by atoms with Gasteiger partial charge in [0, 0.05) is 17.3 Å². The van der Waals surface area contributed by atoms with Gasteiger partial charge < -0.3 is 4.74 Å². The molecule has 1 aromatic heterocycles. The molecule has 7 nitrogen and oxygen atoms in total. The van der Waals surface area contributed by atoms with Crippen molar-refractivity contribution in [3.63, 3.8) is 0 Å². The van der Waals surface area contributed by atoms with Crippen molar-refractivity contribution in [3.05, 3.63) is 56.9 Å². The Morgan fingerprint density at radius 1 is 1.35 bits per heavy atom. The lowest BCUT2D eigenvalue weighted by Crippen LogP contribution is -2.25. The number of alkyl halides is 3. The summed E-state index contributed by atoms with van der Waals surface area (Å²) in [4.78, 5) is 22.8. The van der Waals surface area contributed by atoms with Crippen molar-refractivity contribution in [3.8, 4) is 0 Å². The van der Waals surface area contributed by atoms with Gasteiger partial charge in [0.1, 0.15) is 0 Å². The Morgan fingerprint density at radius 3 is 2.46 bits per heavy atom. The lowest BCUT2D eigenvalue weighted by atomic mass is 10.0. The highest BCUT2D eigenvalue weighted by Crippen LogP contribution is 2.32. The minimum atomic E-state index is -4.67. The molecule has 0 aliphatic heterocycles. The number of carbonyl (C=O) groups is 1. The van der Waals surface area contributed by atoms with Crippen LogP contribution in [0.25, 0.3) is 0 Å². The van der Waals surface area contributed by atoms with E-state index in [-0.39, 0.29) is 29.1 Å².